The number of aromatic amines is 1. The number of sulfonamides is 1. The molecule has 0 bridgehead atoms. The fourth-order valence-corrected chi connectivity index (χ4v) is 3.21. The van der Waals surface area contributed by atoms with Crippen LogP contribution in [0.4, 0.5) is 0 Å². The summed E-state index contributed by atoms with van der Waals surface area (Å²) < 4.78 is 27.2. The highest BCUT2D eigenvalue weighted by Gasteiger charge is 2.22. The van der Waals surface area contributed by atoms with Gasteiger partial charge in [-0.2, -0.15) is 10.4 Å². The zero-order valence-corrected chi connectivity index (χ0v) is 11.8. The van der Waals surface area contributed by atoms with Gasteiger partial charge in [0, 0.05) is 0 Å². The molecule has 0 aliphatic carbocycles. The Morgan fingerprint density at radius 1 is 1.45 bits per heavy atom. The minimum atomic E-state index is -3.74. The number of hydrogen-bond acceptors (Lipinski definition) is 5. The van der Waals surface area contributed by atoms with E-state index < -0.39 is 16.1 Å². The van der Waals surface area contributed by atoms with Crippen LogP contribution in [0.25, 0.3) is 0 Å². The van der Waals surface area contributed by atoms with Gasteiger partial charge in [0.05, 0.1) is 22.6 Å². The molecule has 0 saturated heterocycles. The Bertz CT molecular complexity index is 747. The molecule has 1 aromatic carbocycles. The first kappa shape index (κ1) is 14.2. The molecule has 1 heterocycles. The average Bonchev–Trinajstić information content (AvgIpc) is 2.92. The molecule has 2 aromatic rings. The van der Waals surface area contributed by atoms with Crippen LogP contribution in [0, 0.1) is 18.3 Å². The molecule has 0 spiro atoms. The van der Waals surface area contributed by atoms with Crippen molar-refractivity contribution in [3.63, 3.8) is 0 Å². The molecule has 0 radical (unpaired) electrons. The Hall–Kier alpha value is -2.24. The maximum Gasteiger partial charge on any atom is 0.241 e. The summed E-state index contributed by atoms with van der Waals surface area (Å²) in [6.45, 7) is 3.33. The van der Waals surface area contributed by atoms with Gasteiger partial charge in [-0.05, 0) is 31.5 Å². The van der Waals surface area contributed by atoms with Crippen LogP contribution in [-0.4, -0.2) is 23.6 Å². The van der Waals surface area contributed by atoms with Gasteiger partial charge in [-0.15, -0.1) is 0 Å². The van der Waals surface area contributed by atoms with Crippen molar-refractivity contribution in [3.8, 4) is 6.07 Å². The number of hydrogen-bond donors (Lipinski definition) is 2. The standard InChI is InChI=1S/C12H13N5O2S/c1-8-3-4-10(6-13)5-11(8)20(18,19)17-9(2)12-14-7-15-16-12/h3-5,7,9,17H,1-2H3,(H,14,15,16). The van der Waals surface area contributed by atoms with E-state index >= 15 is 0 Å². The van der Waals surface area contributed by atoms with Crippen molar-refractivity contribution in [2.24, 2.45) is 0 Å². The number of nitrogens with one attached hydrogen (secondary N) is 2. The minimum absolute atomic E-state index is 0.0860. The second-order valence-corrected chi connectivity index (χ2v) is 5.99. The Labute approximate surface area is 116 Å². The lowest BCUT2D eigenvalue weighted by Crippen LogP contribution is -2.28. The molecule has 0 fully saturated rings. The maximum atomic E-state index is 12.3. The molecule has 0 aliphatic heterocycles. The molecule has 0 aliphatic rings. The smallest absolute Gasteiger partial charge is 0.241 e. The number of nitriles is 1. The first-order valence-electron chi connectivity index (χ1n) is 5.82. The SMILES string of the molecule is Cc1ccc(C#N)cc1S(=O)(=O)NC(C)c1ncn[nH]1. The molecule has 2 N–H and O–H groups in total. The summed E-state index contributed by atoms with van der Waals surface area (Å²) in [4.78, 5) is 3.99. The second kappa shape index (κ2) is 5.40. The van der Waals surface area contributed by atoms with Gasteiger partial charge in [0.1, 0.15) is 12.2 Å². The van der Waals surface area contributed by atoms with Crippen LogP contribution in [0.15, 0.2) is 29.4 Å². The Kier molecular flexibility index (Phi) is 3.83. The molecular weight excluding hydrogens is 278 g/mol. The second-order valence-electron chi connectivity index (χ2n) is 4.31. The number of rotatable bonds is 4. The Morgan fingerprint density at radius 2 is 2.20 bits per heavy atom. The highest BCUT2D eigenvalue weighted by molar-refractivity contribution is 7.89. The Morgan fingerprint density at radius 3 is 2.80 bits per heavy atom. The molecule has 104 valence electrons. The normalized spacial score (nSPS) is 12.8. The minimum Gasteiger partial charge on any atom is -0.262 e. The molecule has 1 unspecified atom stereocenters. The van der Waals surface area contributed by atoms with Gasteiger partial charge in [0.15, 0.2) is 0 Å². The van der Waals surface area contributed by atoms with Crippen LogP contribution in [0.2, 0.25) is 0 Å². The number of benzene rings is 1. The van der Waals surface area contributed by atoms with E-state index in [-0.39, 0.29) is 4.90 Å². The molecule has 0 saturated carbocycles. The lowest BCUT2D eigenvalue weighted by molar-refractivity contribution is 0.559. The van der Waals surface area contributed by atoms with Gasteiger partial charge < -0.3 is 0 Å². The molecule has 8 heteroatoms. The van der Waals surface area contributed by atoms with Crippen LogP contribution in [0.1, 0.15) is 29.9 Å². The third-order valence-electron chi connectivity index (χ3n) is 2.78. The number of H-pyrrole nitrogens is 1. The number of aryl methyl sites for hydroxylation is 1. The van der Waals surface area contributed by atoms with E-state index in [1.165, 1.54) is 12.4 Å². The van der Waals surface area contributed by atoms with Crippen molar-refractivity contribution in [1.82, 2.24) is 19.9 Å². The van der Waals surface area contributed by atoms with Gasteiger partial charge in [-0.1, -0.05) is 6.07 Å². The molecule has 1 atom stereocenters. The van der Waals surface area contributed by atoms with Gasteiger partial charge in [0.2, 0.25) is 10.0 Å². The average molecular weight is 291 g/mol. The van der Waals surface area contributed by atoms with Crippen LogP contribution < -0.4 is 4.72 Å². The van der Waals surface area contributed by atoms with Gasteiger partial charge in [0.25, 0.3) is 0 Å². The van der Waals surface area contributed by atoms with Crippen molar-refractivity contribution < 1.29 is 8.42 Å². The highest BCUT2D eigenvalue weighted by Crippen LogP contribution is 2.19. The summed E-state index contributed by atoms with van der Waals surface area (Å²) in [7, 11) is -3.74. The van der Waals surface area contributed by atoms with E-state index in [2.05, 4.69) is 19.9 Å². The predicted molar refractivity (Wildman–Crippen MR) is 71.0 cm³/mol. The summed E-state index contributed by atoms with van der Waals surface area (Å²) in [5.74, 6) is 0.419. The zero-order chi connectivity index (χ0) is 14.8. The zero-order valence-electron chi connectivity index (χ0n) is 11.0. The monoisotopic (exact) mass is 291 g/mol. The van der Waals surface area contributed by atoms with E-state index in [1.54, 1.807) is 26.0 Å². The van der Waals surface area contributed by atoms with Gasteiger partial charge in [-0.3, -0.25) is 5.10 Å². The first-order valence-corrected chi connectivity index (χ1v) is 7.30. The van der Waals surface area contributed by atoms with E-state index in [4.69, 9.17) is 5.26 Å². The lowest BCUT2D eigenvalue weighted by atomic mass is 10.2. The summed E-state index contributed by atoms with van der Waals surface area (Å²) in [6.07, 6.45) is 1.31. The third kappa shape index (κ3) is 2.84. The van der Waals surface area contributed by atoms with Crippen molar-refractivity contribution in [2.75, 3.05) is 0 Å². The summed E-state index contributed by atoms with van der Waals surface area (Å²) in [5, 5.41) is 15.1. The van der Waals surface area contributed by atoms with E-state index in [1.807, 2.05) is 6.07 Å². The molecular formula is C12H13N5O2S. The van der Waals surface area contributed by atoms with Crippen molar-refractivity contribution in [2.45, 2.75) is 24.8 Å². The van der Waals surface area contributed by atoms with Crippen LogP contribution in [0.5, 0.6) is 0 Å². The summed E-state index contributed by atoms with van der Waals surface area (Å²) >= 11 is 0. The van der Waals surface area contributed by atoms with E-state index in [0.29, 0.717) is 17.0 Å². The van der Waals surface area contributed by atoms with Gasteiger partial charge in [-0.25, -0.2) is 18.1 Å². The summed E-state index contributed by atoms with van der Waals surface area (Å²) in [5.41, 5.74) is 0.865. The molecule has 2 rings (SSSR count). The molecule has 0 amide bonds. The molecule has 1 aromatic heterocycles. The number of aromatic nitrogens is 3. The Balaban J connectivity index is 2.34. The largest absolute Gasteiger partial charge is 0.262 e. The topological polar surface area (TPSA) is 112 Å². The van der Waals surface area contributed by atoms with Crippen molar-refractivity contribution >= 4 is 10.0 Å². The fourth-order valence-electron chi connectivity index (χ4n) is 1.73. The lowest BCUT2D eigenvalue weighted by Gasteiger charge is -2.13. The maximum absolute atomic E-state index is 12.3. The summed E-state index contributed by atoms with van der Waals surface area (Å²) in [6, 6.07) is 5.91. The van der Waals surface area contributed by atoms with Gasteiger partial charge >= 0.3 is 0 Å². The van der Waals surface area contributed by atoms with E-state index in [0.717, 1.165) is 0 Å². The third-order valence-corrected chi connectivity index (χ3v) is 4.47. The highest BCUT2D eigenvalue weighted by atomic mass is 32.2. The van der Waals surface area contributed by atoms with Crippen LogP contribution >= 0.6 is 0 Å². The van der Waals surface area contributed by atoms with Crippen LogP contribution in [0.3, 0.4) is 0 Å². The predicted octanol–water partition coefficient (Wildman–Crippen LogP) is 1.02. The van der Waals surface area contributed by atoms with Crippen molar-refractivity contribution in [1.29, 1.82) is 5.26 Å². The fraction of sp³-hybridized carbons (Fsp3) is 0.250. The number of nitrogens with zero attached hydrogens (tertiary/aromatic N) is 3. The molecule has 7 nitrogen and oxygen atoms in total. The van der Waals surface area contributed by atoms with Crippen LogP contribution in [-0.2, 0) is 10.0 Å². The first-order chi connectivity index (χ1) is 9.44. The molecule has 20 heavy (non-hydrogen) atoms. The quantitative estimate of drug-likeness (QED) is 0.873. The van der Waals surface area contributed by atoms with E-state index in [9.17, 15) is 8.42 Å². The van der Waals surface area contributed by atoms with Crippen molar-refractivity contribution in [3.05, 3.63) is 41.5 Å².